The van der Waals surface area contributed by atoms with Crippen molar-refractivity contribution >= 4 is 6.03 Å². The predicted molar refractivity (Wildman–Crippen MR) is 90.2 cm³/mol. The molecule has 0 aromatic heterocycles. The fourth-order valence-electron chi connectivity index (χ4n) is 3.22. The minimum atomic E-state index is -0.213. The summed E-state index contributed by atoms with van der Waals surface area (Å²) in [7, 11) is 1.71. The number of methoxy groups -OCH3 is 1. The summed E-state index contributed by atoms with van der Waals surface area (Å²) in [5.74, 6) is 0. The normalized spacial score (nSPS) is 26.9. The summed E-state index contributed by atoms with van der Waals surface area (Å²) in [6, 6.07) is 9.37. The highest BCUT2D eigenvalue weighted by molar-refractivity contribution is 5.75. The van der Waals surface area contributed by atoms with Gasteiger partial charge in [-0.1, -0.05) is 44.2 Å². The van der Waals surface area contributed by atoms with Gasteiger partial charge in [0.15, 0.2) is 0 Å². The van der Waals surface area contributed by atoms with E-state index in [1.54, 1.807) is 7.11 Å². The number of carbonyl (C=O) groups is 1. The Morgan fingerprint density at radius 3 is 2.52 bits per heavy atom. The lowest BCUT2D eigenvalue weighted by atomic mass is 9.56. The average Bonchev–Trinajstić information content (AvgIpc) is 2.54. The van der Waals surface area contributed by atoms with E-state index in [-0.39, 0.29) is 35.7 Å². The van der Waals surface area contributed by atoms with E-state index in [1.807, 2.05) is 30.3 Å². The van der Waals surface area contributed by atoms with Gasteiger partial charge in [0.1, 0.15) is 0 Å². The van der Waals surface area contributed by atoms with Crippen molar-refractivity contribution in [3.05, 3.63) is 35.9 Å². The van der Waals surface area contributed by atoms with Crippen LogP contribution in [-0.4, -0.2) is 36.5 Å². The molecule has 5 nitrogen and oxygen atoms in total. The largest absolute Gasteiger partial charge is 0.396 e. The first-order valence-corrected chi connectivity index (χ1v) is 8.12. The van der Waals surface area contributed by atoms with Crippen molar-refractivity contribution in [3.63, 3.8) is 0 Å². The molecule has 0 heterocycles. The van der Waals surface area contributed by atoms with Crippen molar-refractivity contribution in [1.29, 1.82) is 0 Å². The van der Waals surface area contributed by atoms with E-state index in [9.17, 15) is 9.90 Å². The van der Waals surface area contributed by atoms with Crippen LogP contribution in [0, 0.1) is 5.41 Å². The van der Waals surface area contributed by atoms with Gasteiger partial charge < -0.3 is 20.5 Å². The maximum absolute atomic E-state index is 12.3. The topological polar surface area (TPSA) is 70.6 Å². The van der Waals surface area contributed by atoms with Crippen molar-refractivity contribution < 1.29 is 14.6 Å². The predicted octanol–water partition coefficient (Wildman–Crippen LogP) is 2.61. The summed E-state index contributed by atoms with van der Waals surface area (Å²) in [5, 5.41) is 15.3. The van der Waals surface area contributed by atoms with Gasteiger partial charge in [0, 0.05) is 25.2 Å². The van der Waals surface area contributed by atoms with Crippen LogP contribution in [-0.2, 0) is 4.74 Å². The van der Waals surface area contributed by atoms with Gasteiger partial charge in [-0.25, -0.2) is 4.79 Å². The maximum atomic E-state index is 12.3. The van der Waals surface area contributed by atoms with Gasteiger partial charge in [0.2, 0.25) is 0 Å². The Balaban J connectivity index is 1.96. The molecule has 0 radical (unpaired) electrons. The number of urea groups is 1. The van der Waals surface area contributed by atoms with Crippen molar-refractivity contribution in [2.75, 3.05) is 13.7 Å². The molecule has 3 N–H and O–H groups in total. The van der Waals surface area contributed by atoms with Crippen LogP contribution in [0.15, 0.2) is 30.3 Å². The van der Waals surface area contributed by atoms with Gasteiger partial charge in [-0.15, -0.1) is 0 Å². The molecule has 2 amide bonds. The van der Waals surface area contributed by atoms with E-state index in [1.165, 1.54) is 0 Å². The van der Waals surface area contributed by atoms with Crippen molar-refractivity contribution in [3.8, 4) is 0 Å². The third-order valence-corrected chi connectivity index (χ3v) is 5.51. The monoisotopic (exact) mass is 320 g/mol. The first kappa shape index (κ1) is 17.8. The third-order valence-electron chi connectivity index (χ3n) is 5.51. The Morgan fingerprint density at radius 1 is 1.35 bits per heavy atom. The Kier molecular flexibility index (Phi) is 5.32. The number of hydrogen-bond donors (Lipinski definition) is 3. The lowest BCUT2D eigenvalue weighted by Gasteiger charge is -2.59. The molecule has 23 heavy (non-hydrogen) atoms. The summed E-state index contributed by atoms with van der Waals surface area (Å²) >= 11 is 0. The molecule has 2 rings (SSSR count). The molecule has 1 fully saturated rings. The van der Waals surface area contributed by atoms with E-state index in [2.05, 4.69) is 31.4 Å². The second kappa shape index (κ2) is 6.89. The zero-order valence-corrected chi connectivity index (χ0v) is 14.4. The first-order chi connectivity index (χ1) is 10.8. The Labute approximate surface area is 138 Å². The van der Waals surface area contributed by atoms with Crippen LogP contribution >= 0.6 is 0 Å². The summed E-state index contributed by atoms with van der Waals surface area (Å²) < 4.78 is 5.58. The Morgan fingerprint density at radius 2 is 2.00 bits per heavy atom. The summed E-state index contributed by atoms with van der Waals surface area (Å²) in [5.41, 5.74) is 0.652. The standard InChI is InChI=1S/C18H28N2O3/c1-17(2)15(12-18(17,3)23-4)20-16(22)19-14(10-11-21)13-8-6-5-7-9-13/h5-9,14-15,21H,10-12H2,1-4H3,(H2,19,20,22)/t14-,15?,18?/m1/s1. The Hall–Kier alpha value is -1.59. The van der Waals surface area contributed by atoms with Crippen LogP contribution in [0.5, 0.6) is 0 Å². The molecule has 128 valence electrons. The zero-order chi connectivity index (χ0) is 17.1. The van der Waals surface area contributed by atoms with E-state index < -0.39 is 0 Å². The highest BCUT2D eigenvalue weighted by atomic mass is 16.5. The maximum Gasteiger partial charge on any atom is 0.315 e. The number of amides is 2. The van der Waals surface area contributed by atoms with Crippen molar-refractivity contribution in [2.24, 2.45) is 5.41 Å². The highest BCUT2D eigenvalue weighted by Crippen LogP contribution is 2.51. The van der Waals surface area contributed by atoms with Gasteiger partial charge in [-0.3, -0.25) is 0 Å². The van der Waals surface area contributed by atoms with Gasteiger partial charge in [0.05, 0.1) is 11.6 Å². The van der Waals surface area contributed by atoms with Gasteiger partial charge in [-0.2, -0.15) is 0 Å². The molecule has 0 bridgehead atoms. The third kappa shape index (κ3) is 3.51. The summed E-state index contributed by atoms with van der Waals surface area (Å²) in [4.78, 5) is 12.3. The molecule has 1 aromatic rings. The number of hydrogen-bond acceptors (Lipinski definition) is 3. The molecule has 1 aliphatic carbocycles. The number of benzene rings is 1. The molecule has 0 spiro atoms. The minimum Gasteiger partial charge on any atom is -0.396 e. The first-order valence-electron chi connectivity index (χ1n) is 8.12. The highest BCUT2D eigenvalue weighted by Gasteiger charge is 2.58. The fourth-order valence-corrected chi connectivity index (χ4v) is 3.22. The average molecular weight is 320 g/mol. The molecule has 1 aliphatic rings. The number of aliphatic hydroxyl groups is 1. The molecule has 5 heteroatoms. The molecule has 1 aromatic carbocycles. The molecular weight excluding hydrogens is 292 g/mol. The molecule has 3 atom stereocenters. The lowest BCUT2D eigenvalue weighted by molar-refractivity contribution is -0.177. The number of ether oxygens (including phenoxy) is 1. The molecule has 2 unspecified atom stereocenters. The quantitative estimate of drug-likeness (QED) is 0.754. The van der Waals surface area contributed by atoms with Crippen LogP contribution in [0.1, 0.15) is 45.2 Å². The van der Waals surface area contributed by atoms with Crippen molar-refractivity contribution in [1.82, 2.24) is 10.6 Å². The molecule has 0 saturated heterocycles. The number of rotatable bonds is 6. The van der Waals surface area contributed by atoms with Crippen LogP contribution in [0.25, 0.3) is 0 Å². The van der Waals surface area contributed by atoms with Crippen LogP contribution in [0.2, 0.25) is 0 Å². The Bertz CT molecular complexity index is 532. The van der Waals surface area contributed by atoms with E-state index in [4.69, 9.17) is 4.74 Å². The van der Waals surface area contributed by atoms with Gasteiger partial charge in [0.25, 0.3) is 0 Å². The van der Waals surface area contributed by atoms with Gasteiger partial charge >= 0.3 is 6.03 Å². The van der Waals surface area contributed by atoms with Gasteiger partial charge in [-0.05, 0) is 25.3 Å². The fraction of sp³-hybridized carbons (Fsp3) is 0.611. The van der Waals surface area contributed by atoms with Crippen LogP contribution in [0.3, 0.4) is 0 Å². The van der Waals surface area contributed by atoms with E-state index in [0.29, 0.717) is 6.42 Å². The second-order valence-corrected chi connectivity index (χ2v) is 7.01. The van der Waals surface area contributed by atoms with E-state index in [0.717, 1.165) is 12.0 Å². The summed E-state index contributed by atoms with van der Waals surface area (Å²) in [6.07, 6.45) is 1.28. The zero-order valence-electron chi connectivity index (χ0n) is 14.4. The second-order valence-electron chi connectivity index (χ2n) is 7.01. The molecule has 0 aliphatic heterocycles. The number of nitrogens with one attached hydrogen (secondary N) is 2. The van der Waals surface area contributed by atoms with Crippen LogP contribution < -0.4 is 10.6 Å². The van der Waals surface area contributed by atoms with Crippen molar-refractivity contribution in [2.45, 2.75) is 51.3 Å². The van der Waals surface area contributed by atoms with E-state index >= 15 is 0 Å². The number of carbonyl (C=O) groups excluding carboxylic acids is 1. The summed E-state index contributed by atoms with van der Waals surface area (Å²) in [6.45, 7) is 6.30. The molecular formula is C18H28N2O3. The molecule has 1 saturated carbocycles. The van der Waals surface area contributed by atoms with Crippen LogP contribution in [0.4, 0.5) is 4.79 Å². The number of aliphatic hydroxyl groups excluding tert-OH is 1. The SMILES string of the molecule is COC1(C)CC(NC(=O)N[C@H](CCO)c2ccccc2)C1(C)C. The lowest BCUT2D eigenvalue weighted by Crippen LogP contribution is -2.69. The minimum absolute atomic E-state index is 0.0243. The smallest absolute Gasteiger partial charge is 0.315 e.